The van der Waals surface area contributed by atoms with E-state index in [-0.39, 0.29) is 25.0 Å². The summed E-state index contributed by atoms with van der Waals surface area (Å²) in [6, 6.07) is -0.396. The predicted molar refractivity (Wildman–Crippen MR) is 59.4 cm³/mol. The van der Waals surface area contributed by atoms with Gasteiger partial charge in [-0.3, -0.25) is 9.59 Å². The second kappa shape index (κ2) is 5.01. The van der Waals surface area contributed by atoms with Crippen molar-refractivity contribution in [3.05, 3.63) is 0 Å². The van der Waals surface area contributed by atoms with Gasteiger partial charge in [0.25, 0.3) is 0 Å². The third kappa shape index (κ3) is 2.58. The fourth-order valence-corrected chi connectivity index (χ4v) is 2.39. The quantitative estimate of drug-likeness (QED) is 0.594. The first kappa shape index (κ1) is 12.3. The summed E-state index contributed by atoms with van der Waals surface area (Å²) in [7, 11) is 0. The molecule has 0 radical (unpaired) electrons. The molecule has 6 heteroatoms. The fraction of sp³-hybridized carbons (Fsp3) is 0.818. The van der Waals surface area contributed by atoms with Gasteiger partial charge in [-0.05, 0) is 12.5 Å². The molecule has 0 spiro atoms. The van der Waals surface area contributed by atoms with E-state index in [1.807, 2.05) is 6.92 Å². The number of aliphatic carboxylic acids is 1. The highest BCUT2D eigenvalue weighted by Crippen LogP contribution is 2.19. The van der Waals surface area contributed by atoms with Crippen molar-refractivity contribution in [1.82, 2.24) is 10.6 Å². The Balaban J connectivity index is 1.91. The van der Waals surface area contributed by atoms with Gasteiger partial charge in [0, 0.05) is 6.54 Å². The Morgan fingerprint density at radius 2 is 2.06 bits per heavy atom. The Morgan fingerprint density at radius 3 is 2.65 bits per heavy atom. The van der Waals surface area contributed by atoms with Gasteiger partial charge in [-0.1, -0.05) is 6.92 Å². The number of rotatable bonds is 3. The minimum absolute atomic E-state index is 0.0648. The second-order valence-corrected chi connectivity index (χ2v) is 4.84. The van der Waals surface area contributed by atoms with Crippen molar-refractivity contribution in [3.8, 4) is 0 Å². The summed E-state index contributed by atoms with van der Waals surface area (Å²) in [5.74, 6) is -1.37. The zero-order valence-electron chi connectivity index (χ0n) is 9.81. The van der Waals surface area contributed by atoms with Crippen LogP contribution in [0.25, 0.3) is 0 Å². The maximum absolute atomic E-state index is 12.0. The van der Waals surface area contributed by atoms with Crippen molar-refractivity contribution < 1.29 is 19.4 Å². The largest absolute Gasteiger partial charge is 0.481 e. The molecule has 0 bridgehead atoms. The van der Waals surface area contributed by atoms with Gasteiger partial charge in [-0.25, -0.2) is 0 Å². The van der Waals surface area contributed by atoms with Crippen LogP contribution in [-0.4, -0.2) is 49.3 Å². The molecule has 6 nitrogen and oxygen atoms in total. The van der Waals surface area contributed by atoms with Crippen molar-refractivity contribution in [2.45, 2.75) is 13.0 Å². The molecule has 1 amide bonds. The summed E-state index contributed by atoms with van der Waals surface area (Å²) in [5, 5.41) is 14.9. The number of carboxylic acids is 1. The summed E-state index contributed by atoms with van der Waals surface area (Å²) >= 11 is 0. The van der Waals surface area contributed by atoms with E-state index in [1.54, 1.807) is 0 Å². The molecule has 2 rings (SSSR count). The summed E-state index contributed by atoms with van der Waals surface area (Å²) in [6.07, 6.45) is 0. The van der Waals surface area contributed by atoms with E-state index in [4.69, 9.17) is 9.84 Å². The van der Waals surface area contributed by atoms with Crippen LogP contribution in [0.5, 0.6) is 0 Å². The molecule has 3 N–H and O–H groups in total. The lowest BCUT2D eigenvalue weighted by atomic mass is 9.96. The lowest BCUT2D eigenvalue weighted by Crippen LogP contribution is -2.46. The summed E-state index contributed by atoms with van der Waals surface area (Å²) < 4.78 is 5.11. The van der Waals surface area contributed by atoms with Gasteiger partial charge in [-0.2, -0.15) is 0 Å². The van der Waals surface area contributed by atoms with Gasteiger partial charge in [0.15, 0.2) is 0 Å². The molecule has 2 heterocycles. The van der Waals surface area contributed by atoms with Gasteiger partial charge in [0.1, 0.15) is 5.92 Å². The van der Waals surface area contributed by atoms with Crippen LogP contribution in [0.3, 0.4) is 0 Å². The number of hydrogen-bond donors (Lipinski definition) is 3. The van der Waals surface area contributed by atoms with Gasteiger partial charge in [0.05, 0.1) is 25.2 Å². The zero-order valence-corrected chi connectivity index (χ0v) is 9.81. The van der Waals surface area contributed by atoms with Crippen LogP contribution in [0.1, 0.15) is 6.92 Å². The Hall–Kier alpha value is -1.14. The van der Waals surface area contributed by atoms with E-state index in [1.165, 1.54) is 0 Å². The molecule has 4 atom stereocenters. The van der Waals surface area contributed by atoms with Crippen LogP contribution < -0.4 is 10.6 Å². The van der Waals surface area contributed by atoms with Crippen LogP contribution in [0.2, 0.25) is 0 Å². The van der Waals surface area contributed by atoms with Crippen molar-refractivity contribution in [3.63, 3.8) is 0 Å². The smallest absolute Gasteiger partial charge is 0.311 e. The highest BCUT2D eigenvalue weighted by atomic mass is 16.5. The Labute approximate surface area is 99.7 Å². The van der Waals surface area contributed by atoms with E-state index in [9.17, 15) is 9.59 Å². The molecular formula is C11H18N2O4. The molecule has 0 aliphatic carbocycles. The molecule has 0 aromatic carbocycles. The number of ether oxygens (including phenoxy) is 1. The molecule has 0 aromatic heterocycles. The van der Waals surface area contributed by atoms with E-state index in [0.29, 0.717) is 12.5 Å². The molecular weight excluding hydrogens is 224 g/mol. The highest BCUT2D eigenvalue weighted by molar-refractivity contribution is 5.81. The monoisotopic (exact) mass is 242 g/mol. The van der Waals surface area contributed by atoms with Gasteiger partial charge in [-0.15, -0.1) is 0 Å². The molecule has 2 aliphatic rings. The standard InChI is InChI=1S/C11H18N2O4/c1-6-2-12-3-7(6)10(14)13-9-5-17-4-8(9)11(15)16/h6-9,12H,2-5H2,1H3,(H,13,14)(H,15,16). The van der Waals surface area contributed by atoms with Crippen LogP contribution in [-0.2, 0) is 14.3 Å². The van der Waals surface area contributed by atoms with Gasteiger partial charge >= 0.3 is 5.97 Å². The van der Waals surface area contributed by atoms with Crippen LogP contribution in [0.15, 0.2) is 0 Å². The molecule has 0 saturated carbocycles. The van der Waals surface area contributed by atoms with Crippen LogP contribution in [0.4, 0.5) is 0 Å². The average molecular weight is 242 g/mol. The average Bonchev–Trinajstić information content (AvgIpc) is 2.86. The topological polar surface area (TPSA) is 87.7 Å². The van der Waals surface area contributed by atoms with Gasteiger partial charge < -0.3 is 20.5 Å². The molecule has 17 heavy (non-hydrogen) atoms. The molecule has 0 aromatic rings. The number of carboxylic acid groups (broad SMARTS) is 1. The predicted octanol–water partition coefficient (Wildman–Crippen LogP) is -0.942. The number of amides is 1. The molecule has 96 valence electrons. The summed E-state index contributed by atoms with van der Waals surface area (Å²) in [6.45, 7) is 3.99. The Kier molecular flexibility index (Phi) is 3.63. The van der Waals surface area contributed by atoms with E-state index in [2.05, 4.69) is 10.6 Å². The Bertz CT molecular complexity index is 321. The lowest BCUT2D eigenvalue weighted by molar-refractivity contribution is -0.142. The zero-order chi connectivity index (χ0) is 12.4. The maximum Gasteiger partial charge on any atom is 0.311 e. The van der Waals surface area contributed by atoms with Crippen molar-refractivity contribution in [2.75, 3.05) is 26.3 Å². The van der Waals surface area contributed by atoms with E-state index in [0.717, 1.165) is 6.54 Å². The molecule has 2 aliphatic heterocycles. The first-order chi connectivity index (χ1) is 8.09. The molecule has 2 saturated heterocycles. The first-order valence-electron chi connectivity index (χ1n) is 5.91. The van der Waals surface area contributed by atoms with E-state index < -0.39 is 17.9 Å². The molecule has 4 unspecified atom stereocenters. The summed E-state index contributed by atoms with van der Waals surface area (Å²) in [5.41, 5.74) is 0. The van der Waals surface area contributed by atoms with Gasteiger partial charge in [0.2, 0.25) is 5.91 Å². The molecule has 2 fully saturated rings. The number of nitrogens with one attached hydrogen (secondary N) is 2. The fourth-order valence-electron chi connectivity index (χ4n) is 2.39. The first-order valence-corrected chi connectivity index (χ1v) is 5.91. The normalized spacial score (nSPS) is 37.0. The minimum atomic E-state index is -0.912. The number of carbonyl (C=O) groups excluding carboxylic acids is 1. The number of carbonyl (C=O) groups is 2. The third-order valence-corrected chi connectivity index (χ3v) is 3.58. The van der Waals surface area contributed by atoms with Crippen molar-refractivity contribution >= 4 is 11.9 Å². The highest BCUT2D eigenvalue weighted by Gasteiger charge is 2.37. The third-order valence-electron chi connectivity index (χ3n) is 3.58. The van der Waals surface area contributed by atoms with Crippen LogP contribution in [0, 0.1) is 17.8 Å². The second-order valence-electron chi connectivity index (χ2n) is 4.84. The van der Waals surface area contributed by atoms with Crippen molar-refractivity contribution in [1.29, 1.82) is 0 Å². The lowest BCUT2D eigenvalue weighted by Gasteiger charge is -2.20. The van der Waals surface area contributed by atoms with Crippen molar-refractivity contribution in [2.24, 2.45) is 17.8 Å². The summed E-state index contributed by atoms with van der Waals surface area (Å²) in [4.78, 5) is 22.9. The number of hydrogen-bond acceptors (Lipinski definition) is 4. The van der Waals surface area contributed by atoms with Crippen LogP contribution >= 0.6 is 0 Å². The minimum Gasteiger partial charge on any atom is -0.481 e. The van der Waals surface area contributed by atoms with E-state index >= 15 is 0 Å². The SMILES string of the molecule is CC1CNCC1C(=O)NC1COCC1C(=O)O. The Morgan fingerprint density at radius 1 is 1.29 bits per heavy atom. The maximum atomic E-state index is 12.0.